The van der Waals surface area contributed by atoms with Gasteiger partial charge in [-0.3, -0.25) is 9.52 Å². The van der Waals surface area contributed by atoms with Gasteiger partial charge in [0.2, 0.25) is 0 Å². The first-order valence-electron chi connectivity index (χ1n) is 9.34. The van der Waals surface area contributed by atoms with Gasteiger partial charge in [0, 0.05) is 5.02 Å². The summed E-state index contributed by atoms with van der Waals surface area (Å²) in [4.78, 5) is 12.3. The Balaban J connectivity index is 1.76. The summed E-state index contributed by atoms with van der Waals surface area (Å²) >= 11 is 5.82. The summed E-state index contributed by atoms with van der Waals surface area (Å²) < 4.78 is 44.1. The van der Waals surface area contributed by atoms with Gasteiger partial charge < -0.3 is 19.5 Å². The molecule has 0 aliphatic carbocycles. The molecule has 32 heavy (non-hydrogen) atoms. The fraction of sp³-hybridized carbons (Fsp3) is 0.136. The fourth-order valence-corrected chi connectivity index (χ4v) is 3.97. The fourth-order valence-electron chi connectivity index (χ4n) is 2.75. The zero-order chi connectivity index (χ0) is 23.1. The van der Waals surface area contributed by atoms with E-state index in [1.807, 2.05) is 0 Å². The first-order chi connectivity index (χ1) is 15.3. The zero-order valence-corrected chi connectivity index (χ0v) is 18.9. The number of hydrogen-bond acceptors (Lipinski definition) is 6. The van der Waals surface area contributed by atoms with E-state index >= 15 is 0 Å². The third-order valence-corrected chi connectivity index (χ3v) is 5.91. The van der Waals surface area contributed by atoms with Crippen molar-refractivity contribution in [2.45, 2.75) is 4.90 Å². The first kappa shape index (κ1) is 23.2. The molecule has 0 unspecified atom stereocenters. The average Bonchev–Trinajstić information content (AvgIpc) is 2.78. The Bertz CT molecular complexity index is 1200. The Morgan fingerprint density at radius 1 is 0.906 bits per heavy atom. The Hall–Kier alpha value is -3.43. The van der Waals surface area contributed by atoms with Gasteiger partial charge in [-0.15, -0.1) is 0 Å². The van der Waals surface area contributed by atoms with Crippen molar-refractivity contribution in [1.29, 1.82) is 0 Å². The second kappa shape index (κ2) is 10.3. The number of para-hydroxylation sites is 2. The van der Waals surface area contributed by atoms with Crippen molar-refractivity contribution in [3.8, 4) is 17.2 Å². The van der Waals surface area contributed by atoms with Gasteiger partial charge in [-0.05, 0) is 54.6 Å². The van der Waals surface area contributed by atoms with Crippen molar-refractivity contribution < 1.29 is 27.4 Å². The van der Waals surface area contributed by atoms with Crippen molar-refractivity contribution >= 4 is 38.9 Å². The van der Waals surface area contributed by atoms with Gasteiger partial charge in [-0.25, -0.2) is 8.42 Å². The van der Waals surface area contributed by atoms with Crippen LogP contribution in [-0.4, -0.2) is 35.2 Å². The lowest BCUT2D eigenvalue weighted by Crippen LogP contribution is -2.21. The normalized spacial score (nSPS) is 10.8. The molecule has 0 aliphatic rings. The predicted octanol–water partition coefficient (Wildman–Crippen LogP) is 4.18. The highest BCUT2D eigenvalue weighted by molar-refractivity contribution is 7.92. The molecule has 0 saturated heterocycles. The highest BCUT2D eigenvalue weighted by Crippen LogP contribution is 2.30. The largest absolute Gasteiger partial charge is 0.495 e. The lowest BCUT2D eigenvalue weighted by Gasteiger charge is -2.15. The van der Waals surface area contributed by atoms with E-state index in [2.05, 4.69) is 10.0 Å². The maximum Gasteiger partial charge on any atom is 0.262 e. The number of nitrogens with one attached hydrogen (secondary N) is 2. The third-order valence-electron chi connectivity index (χ3n) is 4.29. The molecule has 3 rings (SSSR count). The van der Waals surface area contributed by atoms with Crippen LogP contribution < -0.4 is 24.2 Å². The average molecular weight is 477 g/mol. The Morgan fingerprint density at radius 2 is 1.56 bits per heavy atom. The third kappa shape index (κ3) is 5.83. The van der Waals surface area contributed by atoms with E-state index in [0.29, 0.717) is 22.3 Å². The maximum absolute atomic E-state index is 12.9. The lowest BCUT2D eigenvalue weighted by molar-refractivity contribution is -0.118. The van der Waals surface area contributed by atoms with Crippen molar-refractivity contribution in [3.63, 3.8) is 0 Å². The summed E-state index contributed by atoms with van der Waals surface area (Å²) in [5.41, 5.74) is 0.466. The molecule has 8 nitrogen and oxygen atoms in total. The molecule has 168 valence electrons. The van der Waals surface area contributed by atoms with E-state index in [4.69, 9.17) is 25.8 Å². The molecule has 0 saturated carbocycles. The number of sulfonamides is 1. The number of anilines is 2. The van der Waals surface area contributed by atoms with Gasteiger partial charge in [-0.2, -0.15) is 0 Å². The summed E-state index contributed by atoms with van der Waals surface area (Å²) in [6, 6.07) is 17.3. The van der Waals surface area contributed by atoms with Gasteiger partial charge in [-0.1, -0.05) is 23.7 Å². The number of amides is 1. The minimum Gasteiger partial charge on any atom is -0.495 e. The number of carbonyl (C=O) groups excluding carboxylic acids is 1. The number of carbonyl (C=O) groups is 1. The molecule has 0 spiro atoms. The van der Waals surface area contributed by atoms with Crippen molar-refractivity contribution in [3.05, 3.63) is 71.8 Å². The molecular formula is C22H21ClN2O6S. The van der Waals surface area contributed by atoms with Crippen molar-refractivity contribution in [2.24, 2.45) is 0 Å². The Kier molecular flexibility index (Phi) is 7.45. The second-order valence-electron chi connectivity index (χ2n) is 6.46. The second-order valence-corrected chi connectivity index (χ2v) is 8.58. The van der Waals surface area contributed by atoms with E-state index in [0.717, 1.165) is 0 Å². The van der Waals surface area contributed by atoms with Crippen LogP contribution in [0.4, 0.5) is 11.4 Å². The summed E-state index contributed by atoms with van der Waals surface area (Å²) in [5, 5.41) is 3.16. The number of rotatable bonds is 9. The van der Waals surface area contributed by atoms with E-state index < -0.39 is 15.9 Å². The number of methoxy groups -OCH3 is 2. The maximum atomic E-state index is 12.9. The van der Waals surface area contributed by atoms with E-state index in [9.17, 15) is 13.2 Å². The highest BCUT2D eigenvalue weighted by Gasteiger charge is 2.19. The van der Waals surface area contributed by atoms with Gasteiger partial charge >= 0.3 is 0 Å². The van der Waals surface area contributed by atoms with Crippen LogP contribution in [0, 0.1) is 0 Å². The molecule has 0 aromatic heterocycles. The number of benzene rings is 3. The smallest absolute Gasteiger partial charge is 0.262 e. The number of hydrogen-bond donors (Lipinski definition) is 2. The summed E-state index contributed by atoms with van der Waals surface area (Å²) in [6.45, 7) is -0.290. The van der Waals surface area contributed by atoms with Crippen LogP contribution in [0.5, 0.6) is 17.2 Å². The van der Waals surface area contributed by atoms with Crippen LogP contribution in [0.3, 0.4) is 0 Å². The van der Waals surface area contributed by atoms with Gasteiger partial charge in [0.1, 0.15) is 17.2 Å². The van der Waals surface area contributed by atoms with Crippen molar-refractivity contribution in [1.82, 2.24) is 0 Å². The molecule has 0 heterocycles. The van der Waals surface area contributed by atoms with Gasteiger partial charge in [0.15, 0.2) is 6.61 Å². The van der Waals surface area contributed by atoms with Crippen LogP contribution in [0.25, 0.3) is 0 Å². The summed E-state index contributed by atoms with van der Waals surface area (Å²) in [5.74, 6) is 0.637. The van der Waals surface area contributed by atoms with Gasteiger partial charge in [0.25, 0.3) is 15.9 Å². The van der Waals surface area contributed by atoms with Crippen LogP contribution in [0.2, 0.25) is 5.02 Å². The van der Waals surface area contributed by atoms with Crippen molar-refractivity contribution in [2.75, 3.05) is 30.9 Å². The van der Waals surface area contributed by atoms with Crippen LogP contribution in [0.1, 0.15) is 0 Å². The van der Waals surface area contributed by atoms with Crippen LogP contribution >= 0.6 is 11.6 Å². The summed E-state index contributed by atoms with van der Waals surface area (Å²) in [7, 11) is -1.11. The van der Waals surface area contributed by atoms with E-state index in [1.165, 1.54) is 32.4 Å². The molecule has 1 amide bonds. The molecule has 0 radical (unpaired) electrons. The molecule has 3 aromatic rings. The molecule has 0 atom stereocenters. The number of halogens is 1. The minimum atomic E-state index is -3.97. The molecule has 0 aliphatic heterocycles. The van der Waals surface area contributed by atoms with Crippen LogP contribution in [-0.2, 0) is 14.8 Å². The number of ether oxygens (including phenoxy) is 3. The quantitative estimate of drug-likeness (QED) is 0.480. The monoisotopic (exact) mass is 476 g/mol. The first-order valence-corrected chi connectivity index (χ1v) is 11.2. The molecule has 0 fully saturated rings. The molecule has 0 bridgehead atoms. The topological polar surface area (TPSA) is 103 Å². The molecule has 10 heteroatoms. The lowest BCUT2D eigenvalue weighted by atomic mass is 10.3. The highest BCUT2D eigenvalue weighted by atomic mass is 35.5. The Morgan fingerprint density at radius 3 is 2.25 bits per heavy atom. The molecule has 3 aromatic carbocycles. The summed E-state index contributed by atoms with van der Waals surface area (Å²) in [6.07, 6.45) is 0. The van der Waals surface area contributed by atoms with E-state index in [1.54, 1.807) is 48.5 Å². The SMILES string of the molecule is COc1ccc(S(=O)(=O)Nc2ccccc2OC)cc1NC(=O)COc1ccc(Cl)cc1. The Labute approximate surface area is 191 Å². The predicted molar refractivity (Wildman–Crippen MR) is 122 cm³/mol. The standard InChI is InChI=1S/C22H21ClN2O6S/c1-29-20-6-4-3-5-18(20)25-32(27,28)17-11-12-21(30-2)19(13-17)24-22(26)14-31-16-9-7-15(23)8-10-16/h3-13,25H,14H2,1-2H3,(H,24,26). The minimum absolute atomic E-state index is 0.0712. The van der Waals surface area contributed by atoms with Gasteiger partial charge in [0.05, 0.1) is 30.5 Å². The molecular weight excluding hydrogens is 456 g/mol. The zero-order valence-electron chi connectivity index (χ0n) is 17.3. The van der Waals surface area contributed by atoms with E-state index in [-0.39, 0.29) is 22.9 Å². The molecule has 2 N–H and O–H groups in total. The van der Waals surface area contributed by atoms with Crippen LogP contribution in [0.15, 0.2) is 71.6 Å².